The standard InChI is InChI=1S/C17H22N4O5S3/c1-4-26-15(23)12-10-7-5-6-8-11(10)27-14(12)21-29(24,25)17-20-19-16(28-17)18-13(22)9(2)3/h9,21H,4-8H2,1-3H3,(H,18,19,22). The van der Waals surface area contributed by atoms with Gasteiger partial charge in [-0.05, 0) is 38.2 Å². The Morgan fingerprint density at radius 1 is 1.17 bits per heavy atom. The molecule has 9 nitrogen and oxygen atoms in total. The maximum Gasteiger partial charge on any atom is 0.341 e. The zero-order chi connectivity index (χ0) is 21.2. The fourth-order valence-electron chi connectivity index (χ4n) is 2.84. The van der Waals surface area contributed by atoms with Crippen LogP contribution in [0.5, 0.6) is 0 Å². The van der Waals surface area contributed by atoms with Crippen LogP contribution in [-0.4, -0.2) is 37.1 Å². The summed E-state index contributed by atoms with van der Waals surface area (Å²) in [6.07, 6.45) is 3.46. The first kappa shape index (κ1) is 21.7. The first-order chi connectivity index (χ1) is 13.7. The minimum absolute atomic E-state index is 0.0974. The summed E-state index contributed by atoms with van der Waals surface area (Å²) in [6.45, 7) is 5.33. The molecule has 0 aromatic carbocycles. The summed E-state index contributed by atoms with van der Waals surface area (Å²) < 4.78 is 33.0. The number of sulfonamides is 1. The number of aromatic nitrogens is 2. The lowest BCUT2D eigenvalue weighted by atomic mass is 9.95. The van der Waals surface area contributed by atoms with Crippen molar-refractivity contribution in [3.8, 4) is 0 Å². The minimum Gasteiger partial charge on any atom is -0.462 e. The van der Waals surface area contributed by atoms with E-state index in [1.807, 2.05) is 0 Å². The summed E-state index contributed by atoms with van der Waals surface area (Å²) in [6, 6.07) is 0. The summed E-state index contributed by atoms with van der Waals surface area (Å²) in [5.74, 6) is -1.10. The van der Waals surface area contributed by atoms with Crippen molar-refractivity contribution in [1.82, 2.24) is 10.2 Å². The third-order valence-electron chi connectivity index (χ3n) is 4.27. The van der Waals surface area contributed by atoms with Gasteiger partial charge in [-0.15, -0.1) is 21.5 Å². The third-order valence-corrected chi connectivity index (χ3v) is 8.16. The Balaban J connectivity index is 1.89. The van der Waals surface area contributed by atoms with Crippen LogP contribution in [0.2, 0.25) is 0 Å². The Morgan fingerprint density at radius 2 is 1.90 bits per heavy atom. The molecule has 0 fully saturated rings. The zero-order valence-electron chi connectivity index (χ0n) is 16.3. The quantitative estimate of drug-likeness (QED) is 0.482. The summed E-state index contributed by atoms with van der Waals surface area (Å²) in [5, 5.41) is 10.3. The van der Waals surface area contributed by atoms with Gasteiger partial charge in [-0.25, -0.2) is 4.79 Å². The van der Waals surface area contributed by atoms with Crippen molar-refractivity contribution in [1.29, 1.82) is 0 Å². The smallest absolute Gasteiger partial charge is 0.341 e. The first-order valence-electron chi connectivity index (χ1n) is 9.21. The predicted octanol–water partition coefficient (Wildman–Crippen LogP) is 3.05. The van der Waals surface area contributed by atoms with E-state index in [1.165, 1.54) is 11.3 Å². The lowest BCUT2D eigenvalue weighted by Gasteiger charge is -2.12. The van der Waals surface area contributed by atoms with Gasteiger partial charge in [0.1, 0.15) is 5.00 Å². The third kappa shape index (κ3) is 4.75. The van der Waals surface area contributed by atoms with Crippen molar-refractivity contribution in [3.05, 3.63) is 16.0 Å². The van der Waals surface area contributed by atoms with E-state index in [4.69, 9.17) is 4.74 Å². The van der Waals surface area contributed by atoms with Crippen molar-refractivity contribution in [2.24, 2.45) is 5.92 Å². The van der Waals surface area contributed by atoms with Gasteiger partial charge < -0.3 is 10.1 Å². The second-order valence-corrected chi connectivity index (χ2v) is 10.7. The second kappa shape index (κ2) is 8.76. The molecule has 2 aromatic heterocycles. The fraction of sp³-hybridized carbons (Fsp3) is 0.529. The molecule has 2 aromatic rings. The molecule has 1 aliphatic rings. The molecule has 0 aliphatic heterocycles. The SMILES string of the molecule is CCOC(=O)c1c(NS(=O)(=O)c2nnc(NC(=O)C(C)C)s2)sc2c1CCCC2. The van der Waals surface area contributed by atoms with Crippen LogP contribution in [-0.2, 0) is 32.4 Å². The number of anilines is 2. The van der Waals surface area contributed by atoms with Crippen molar-refractivity contribution < 1.29 is 22.7 Å². The van der Waals surface area contributed by atoms with E-state index >= 15 is 0 Å². The molecule has 0 unspecified atom stereocenters. The number of carbonyl (C=O) groups excluding carboxylic acids is 2. The Morgan fingerprint density at radius 3 is 2.59 bits per heavy atom. The van der Waals surface area contributed by atoms with Crippen LogP contribution in [0.1, 0.15) is 54.4 Å². The number of hydrogen-bond donors (Lipinski definition) is 2. The summed E-state index contributed by atoms with van der Waals surface area (Å²) in [5.41, 5.74) is 1.15. The zero-order valence-corrected chi connectivity index (χ0v) is 18.7. The lowest BCUT2D eigenvalue weighted by Crippen LogP contribution is -2.17. The Kier molecular flexibility index (Phi) is 6.54. The largest absolute Gasteiger partial charge is 0.462 e. The minimum atomic E-state index is -4.07. The normalized spacial score (nSPS) is 13.8. The van der Waals surface area contributed by atoms with Gasteiger partial charge in [-0.2, -0.15) is 8.42 Å². The molecular weight excluding hydrogens is 436 g/mol. The highest BCUT2D eigenvalue weighted by Gasteiger charge is 2.30. The number of thiophene rings is 1. The number of esters is 1. The second-order valence-electron chi connectivity index (χ2n) is 6.76. The molecule has 0 bridgehead atoms. The van der Waals surface area contributed by atoms with Gasteiger partial charge in [0.25, 0.3) is 14.4 Å². The number of fused-ring (bicyclic) bond motifs is 1. The molecule has 0 radical (unpaired) electrons. The van der Waals surface area contributed by atoms with Crippen LogP contribution in [0.15, 0.2) is 4.34 Å². The van der Waals surface area contributed by atoms with E-state index < -0.39 is 16.0 Å². The van der Waals surface area contributed by atoms with Gasteiger partial charge in [0, 0.05) is 10.8 Å². The topological polar surface area (TPSA) is 127 Å². The number of aryl methyl sites for hydroxylation is 1. The number of carbonyl (C=O) groups is 2. The number of nitrogens with one attached hydrogen (secondary N) is 2. The molecule has 158 valence electrons. The summed E-state index contributed by atoms with van der Waals surface area (Å²) >= 11 is 2.00. The lowest BCUT2D eigenvalue weighted by molar-refractivity contribution is -0.118. The number of ether oxygens (including phenoxy) is 1. The molecule has 0 saturated carbocycles. The Bertz CT molecular complexity index is 1030. The Hall–Kier alpha value is -2.05. The van der Waals surface area contributed by atoms with Crippen LogP contribution in [0.3, 0.4) is 0 Å². The molecule has 0 saturated heterocycles. The van der Waals surface area contributed by atoms with Gasteiger partial charge in [0.05, 0.1) is 12.2 Å². The molecule has 1 amide bonds. The monoisotopic (exact) mass is 458 g/mol. The van der Waals surface area contributed by atoms with E-state index in [1.54, 1.807) is 20.8 Å². The average Bonchev–Trinajstić information content (AvgIpc) is 3.26. The molecule has 2 heterocycles. The van der Waals surface area contributed by atoms with E-state index in [-0.39, 0.29) is 38.5 Å². The van der Waals surface area contributed by atoms with E-state index in [0.29, 0.717) is 6.42 Å². The highest BCUT2D eigenvalue weighted by Crippen LogP contribution is 2.39. The van der Waals surface area contributed by atoms with Crippen molar-refractivity contribution >= 4 is 54.7 Å². The molecule has 29 heavy (non-hydrogen) atoms. The fourth-order valence-corrected chi connectivity index (χ4v) is 6.33. The van der Waals surface area contributed by atoms with Gasteiger partial charge in [0.15, 0.2) is 0 Å². The first-order valence-corrected chi connectivity index (χ1v) is 12.3. The predicted molar refractivity (Wildman–Crippen MR) is 111 cm³/mol. The van der Waals surface area contributed by atoms with Crippen molar-refractivity contribution in [2.45, 2.75) is 50.8 Å². The molecule has 3 rings (SSSR count). The van der Waals surface area contributed by atoms with E-state index in [2.05, 4.69) is 20.2 Å². The van der Waals surface area contributed by atoms with Crippen LogP contribution in [0, 0.1) is 5.92 Å². The van der Waals surface area contributed by atoms with E-state index in [0.717, 1.165) is 41.0 Å². The summed E-state index contributed by atoms with van der Waals surface area (Å²) in [7, 11) is -4.07. The average molecular weight is 459 g/mol. The van der Waals surface area contributed by atoms with Gasteiger partial charge in [-0.3, -0.25) is 9.52 Å². The molecule has 2 N–H and O–H groups in total. The number of rotatable bonds is 7. The van der Waals surface area contributed by atoms with Crippen LogP contribution < -0.4 is 10.0 Å². The number of hydrogen-bond acceptors (Lipinski definition) is 9. The van der Waals surface area contributed by atoms with Crippen LogP contribution >= 0.6 is 22.7 Å². The highest BCUT2D eigenvalue weighted by atomic mass is 32.2. The molecule has 1 aliphatic carbocycles. The molecular formula is C17H22N4O5S3. The highest BCUT2D eigenvalue weighted by molar-refractivity contribution is 7.94. The molecule has 12 heteroatoms. The van der Waals surface area contributed by atoms with Gasteiger partial charge >= 0.3 is 5.97 Å². The van der Waals surface area contributed by atoms with Crippen LogP contribution in [0.4, 0.5) is 10.1 Å². The maximum absolute atomic E-state index is 12.8. The van der Waals surface area contributed by atoms with E-state index in [9.17, 15) is 18.0 Å². The maximum atomic E-state index is 12.8. The molecule has 0 spiro atoms. The van der Waals surface area contributed by atoms with Crippen molar-refractivity contribution in [2.75, 3.05) is 16.6 Å². The van der Waals surface area contributed by atoms with Crippen LogP contribution in [0.25, 0.3) is 0 Å². The molecule has 0 atom stereocenters. The summed E-state index contributed by atoms with van der Waals surface area (Å²) in [4.78, 5) is 25.3. The number of nitrogens with zero attached hydrogens (tertiary/aromatic N) is 2. The van der Waals surface area contributed by atoms with Gasteiger partial charge in [-0.1, -0.05) is 25.2 Å². The van der Waals surface area contributed by atoms with Gasteiger partial charge in [0.2, 0.25) is 11.0 Å². The van der Waals surface area contributed by atoms with Crippen molar-refractivity contribution in [3.63, 3.8) is 0 Å². The number of amides is 1. The Labute approximate surface area is 176 Å².